The molecule has 2 aliphatic heterocycles. The Labute approximate surface area is 152 Å². The molecule has 0 aromatic heterocycles. The molecular weight excluding hydrogens is 331 g/mol. The predicted octanol–water partition coefficient (Wildman–Crippen LogP) is 2.76. The standard InChI is InChI=1S/C20H23FN4O/c21-16-4-9-19(10-5-16)25-12-11-24(14-25)18-7-2-15(3-8-18)1-6-17-13-26-20(22)23-17/h2-5,7-10,17H,1,6,11-14H2,(H2,22,23)/t17-/m0/s1. The molecule has 0 radical (unpaired) electrons. The topological polar surface area (TPSA) is 54.1 Å². The highest BCUT2D eigenvalue weighted by molar-refractivity contribution is 5.73. The van der Waals surface area contributed by atoms with Gasteiger partial charge in [0.2, 0.25) is 0 Å². The molecule has 2 N–H and O–H groups in total. The lowest BCUT2D eigenvalue weighted by Crippen LogP contribution is -2.24. The molecule has 6 heteroatoms. The summed E-state index contributed by atoms with van der Waals surface area (Å²) >= 11 is 0. The summed E-state index contributed by atoms with van der Waals surface area (Å²) in [6.45, 7) is 3.31. The Balaban J connectivity index is 1.33. The molecular formula is C20H23FN4O. The summed E-state index contributed by atoms with van der Waals surface area (Å²) in [5.41, 5.74) is 9.11. The number of hydrogen-bond donors (Lipinski definition) is 1. The highest BCUT2D eigenvalue weighted by Crippen LogP contribution is 2.24. The Morgan fingerprint density at radius 2 is 1.62 bits per heavy atom. The first-order valence-corrected chi connectivity index (χ1v) is 8.98. The number of nitrogens with two attached hydrogens (primary N) is 1. The molecule has 5 nitrogen and oxygen atoms in total. The fourth-order valence-corrected chi connectivity index (χ4v) is 3.45. The molecule has 136 valence electrons. The van der Waals surface area contributed by atoms with Crippen molar-refractivity contribution in [3.05, 3.63) is 59.9 Å². The summed E-state index contributed by atoms with van der Waals surface area (Å²) in [5, 5.41) is 0. The average molecular weight is 354 g/mol. The van der Waals surface area contributed by atoms with Crippen LogP contribution in [-0.2, 0) is 11.2 Å². The van der Waals surface area contributed by atoms with Crippen molar-refractivity contribution in [1.29, 1.82) is 0 Å². The van der Waals surface area contributed by atoms with E-state index < -0.39 is 0 Å². The number of aryl methyl sites for hydroxylation is 1. The third kappa shape index (κ3) is 3.74. The summed E-state index contributed by atoms with van der Waals surface area (Å²) in [4.78, 5) is 8.86. The third-order valence-corrected chi connectivity index (χ3v) is 4.97. The Morgan fingerprint density at radius 3 is 2.19 bits per heavy atom. The van der Waals surface area contributed by atoms with Crippen LogP contribution in [0.4, 0.5) is 15.8 Å². The SMILES string of the molecule is NC1=N[C@@H](CCc2ccc(N3CCN(c4ccc(F)cc4)C3)cc2)CO1. The van der Waals surface area contributed by atoms with Crippen molar-refractivity contribution in [2.24, 2.45) is 10.7 Å². The second-order valence-electron chi connectivity index (χ2n) is 6.78. The van der Waals surface area contributed by atoms with Gasteiger partial charge in [-0.25, -0.2) is 9.38 Å². The van der Waals surface area contributed by atoms with Gasteiger partial charge in [0, 0.05) is 24.5 Å². The molecule has 2 aromatic rings. The van der Waals surface area contributed by atoms with E-state index in [9.17, 15) is 4.39 Å². The molecule has 2 aromatic carbocycles. The second kappa shape index (κ2) is 7.23. The maximum atomic E-state index is 13.1. The Bertz CT molecular complexity index is 775. The van der Waals surface area contributed by atoms with Crippen molar-refractivity contribution in [2.45, 2.75) is 18.9 Å². The zero-order chi connectivity index (χ0) is 17.9. The molecule has 0 saturated carbocycles. The van der Waals surface area contributed by atoms with Gasteiger partial charge in [0.15, 0.2) is 0 Å². The van der Waals surface area contributed by atoms with Gasteiger partial charge in [0.25, 0.3) is 6.02 Å². The summed E-state index contributed by atoms with van der Waals surface area (Å²) in [7, 11) is 0. The minimum atomic E-state index is -0.196. The highest BCUT2D eigenvalue weighted by Gasteiger charge is 2.21. The van der Waals surface area contributed by atoms with E-state index in [2.05, 4.69) is 39.1 Å². The zero-order valence-corrected chi connectivity index (χ0v) is 14.6. The maximum absolute atomic E-state index is 13.1. The van der Waals surface area contributed by atoms with Gasteiger partial charge in [-0.3, -0.25) is 0 Å². The van der Waals surface area contributed by atoms with Gasteiger partial charge in [0.1, 0.15) is 12.4 Å². The van der Waals surface area contributed by atoms with Crippen molar-refractivity contribution in [3.8, 4) is 0 Å². The lowest BCUT2D eigenvalue weighted by Gasteiger charge is -2.21. The van der Waals surface area contributed by atoms with E-state index in [0.29, 0.717) is 12.6 Å². The molecule has 2 heterocycles. The molecule has 0 unspecified atom stereocenters. The van der Waals surface area contributed by atoms with Crippen LogP contribution >= 0.6 is 0 Å². The zero-order valence-electron chi connectivity index (χ0n) is 14.6. The van der Waals surface area contributed by atoms with Crippen LogP contribution in [0.2, 0.25) is 0 Å². The fraction of sp³-hybridized carbons (Fsp3) is 0.350. The molecule has 1 fully saturated rings. The van der Waals surface area contributed by atoms with Crippen LogP contribution in [0.5, 0.6) is 0 Å². The van der Waals surface area contributed by atoms with Crippen LogP contribution in [0, 0.1) is 5.82 Å². The molecule has 4 rings (SSSR count). The molecule has 1 atom stereocenters. The van der Waals surface area contributed by atoms with E-state index in [-0.39, 0.29) is 11.9 Å². The molecule has 26 heavy (non-hydrogen) atoms. The number of anilines is 2. The van der Waals surface area contributed by atoms with E-state index in [1.165, 1.54) is 23.4 Å². The molecule has 0 amide bonds. The lowest BCUT2D eigenvalue weighted by molar-refractivity contribution is 0.308. The average Bonchev–Trinajstić information content (AvgIpc) is 3.30. The van der Waals surface area contributed by atoms with E-state index in [4.69, 9.17) is 10.5 Å². The van der Waals surface area contributed by atoms with Gasteiger partial charge in [-0.05, 0) is 54.8 Å². The Hall–Kier alpha value is -2.76. The first-order valence-electron chi connectivity index (χ1n) is 8.98. The molecule has 0 bridgehead atoms. The molecule has 0 aliphatic carbocycles. The van der Waals surface area contributed by atoms with Gasteiger partial charge >= 0.3 is 0 Å². The monoisotopic (exact) mass is 354 g/mol. The van der Waals surface area contributed by atoms with Gasteiger partial charge in [-0.15, -0.1) is 0 Å². The van der Waals surface area contributed by atoms with Crippen molar-refractivity contribution in [1.82, 2.24) is 0 Å². The number of ether oxygens (including phenoxy) is 1. The maximum Gasteiger partial charge on any atom is 0.282 e. The van der Waals surface area contributed by atoms with E-state index >= 15 is 0 Å². The van der Waals surface area contributed by atoms with E-state index in [1.54, 1.807) is 0 Å². The van der Waals surface area contributed by atoms with Crippen LogP contribution in [0.25, 0.3) is 0 Å². The minimum absolute atomic E-state index is 0.178. The van der Waals surface area contributed by atoms with Crippen molar-refractivity contribution in [3.63, 3.8) is 0 Å². The van der Waals surface area contributed by atoms with E-state index in [0.717, 1.165) is 38.3 Å². The summed E-state index contributed by atoms with van der Waals surface area (Å²) in [5.74, 6) is -0.196. The first kappa shape index (κ1) is 16.7. The van der Waals surface area contributed by atoms with Crippen LogP contribution in [-0.4, -0.2) is 38.4 Å². The number of benzene rings is 2. The largest absolute Gasteiger partial charge is 0.463 e. The van der Waals surface area contributed by atoms with E-state index in [1.807, 2.05) is 12.1 Å². The molecule has 0 spiro atoms. The van der Waals surface area contributed by atoms with Gasteiger partial charge in [-0.1, -0.05) is 12.1 Å². The predicted molar refractivity (Wildman–Crippen MR) is 102 cm³/mol. The van der Waals surface area contributed by atoms with Crippen LogP contribution < -0.4 is 15.5 Å². The van der Waals surface area contributed by atoms with Crippen LogP contribution in [0.3, 0.4) is 0 Å². The van der Waals surface area contributed by atoms with Gasteiger partial charge in [-0.2, -0.15) is 0 Å². The highest BCUT2D eigenvalue weighted by atomic mass is 19.1. The molecule has 1 saturated heterocycles. The fourth-order valence-electron chi connectivity index (χ4n) is 3.45. The number of nitrogens with zero attached hydrogens (tertiary/aromatic N) is 3. The molecule has 2 aliphatic rings. The number of rotatable bonds is 5. The third-order valence-electron chi connectivity index (χ3n) is 4.97. The van der Waals surface area contributed by atoms with Crippen molar-refractivity contribution < 1.29 is 9.13 Å². The Morgan fingerprint density at radius 1 is 1.00 bits per heavy atom. The number of hydrogen-bond acceptors (Lipinski definition) is 5. The van der Waals surface area contributed by atoms with Gasteiger partial charge in [0.05, 0.1) is 12.7 Å². The quantitative estimate of drug-likeness (QED) is 0.897. The minimum Gasteiger partial charge on any atom is -0.463 e. The van der Waals surface area contributed by atoms with Gasteiger partial charge < -0.3 is 20.3 Å². The van der Waals surface area contributed by atoms with Crippen molar-refractivity contribution >= 4 is 17.4 Å². The lowest BCUT2D eigenvalue weighted by atomic mass is 10.1. The van der Waals surface area contributed by atoms with Crippen molar-refractivity contribution in [2.75, 3.05) is 36.2 Å². The smallest absolute Gasteiger partial charge is 0.282 e. The summed E-state index contributed by atoms with van der Waals surface area (Å²) < 4.78 is 18.3. The first-order chi connectivity index (χ1) is 12.7. The number of halogens is 1. The second-order valence-corrected chi connectivity index (χ2v) is 6.78. The van der Waals surface area contributed by atoms with Crippen LogP contribution in [0.1, 0.15) is 12.0 Å². The summed E-state index contributed by atoms with van der Waals surface area (Å²) in [6, 6.07) is 15.9. The Kier molecular flexibility index (Phi) is 4.65. The van der Waals surface area contributed by atoms with Crippen LogP contribution in [0.15, 0.2) is 53.5 Å². The summed E-state index contributed by atoms with van der Waals surface area (Å²) in [6.07, 6.45) is 1.91. The number of aliphatic imine (C=N–C) groups is 1. The normalized spacial score (nSPS) is 19.6. The number of amidine groups is 1.